The van der Waals surface area contributed by atoms with Crippen molar-refractivity contribution in [2.75, 3.05) is 21.3 Å². The van der Waals surface area contributed by atoms with Gasteiger partial charge in [-0.2, -0.15) is 0 Å². The van der Waals surface area contributed by atoms with Gasteiger partial charge >= 0.3 is 5.97 Å². The predicted octanol–water partition coefficient (Wildman–Crippen LogP) is 3.94. The molecule has 0 radical (unpaired) electrons. The number of carbonyl (C=O) groups excluding carboxylic acids is 1. The Hall–Kier alpha value is -3.81. The molecule has 8 heteroatoms. The monoisotopic (exact) mass is 410 g/mol. The molecule has 30 heavy (non-hydrogen) atoms. The quantitative estimate of drug-likeness (QED) is 0.183. The SMILES string of the molecule is CO/C=C(/C(=O)OC)c1ccccc1CO/N=C(/C)c1noc2ccc(OC)cc12. The number of fused-ring (bicyclic) bond motifs is 1. The van der Waals surface area contributed by atoms with E-state index < -0.39 is 5.97 Å². The van der Waals surface area contributed by atoms with Gasteiger partial charge in [-0.15, -0.1) is 0 Å². The number of esters is 1. The molecule has 0 N–H and O–H groups in total. The second-order valence-electron chi connectivity index (χ2n) is 6.26. The molecule has 0 spiro atoms. The molecule has 1 aromatic heterocycles. The molecule has 0 unspecified atom stereocenters. The molecule has 3 rings (SSSR count). The van der Waals surface area contributed by atoms with Gasteiger partial charge < -0.3 is 23.6 Å². The summed E-state index contributed by atoms with van der Waals surface area (Å²) in [4.78, 5) is 17.6. The van der Waals surface area contributed by atoms with E-state index in [1.54, 1.807) is 32.2 Å². The molecule has 0 saturated carbocycles. The number of carbonyl (C=O) groups is 1. The smallest absolute Gasteiger partial charge is 0.341 e. The Morgan fingerprint density at radius 2 is 1.97 bits per heavy atom. The molecule has 0 bridgehead atoms. The van der Waals surface area contributed by atoms with Crippen LogP contribution in [-0.4, -0.2) is 38.2 Å². The zero-order valence-electron chi connectivity index (χ0n) is 17.2. The van der Waals surface area contributed by atoms with Crippen LogP contribution in [0.25, 0.3) is 16.5 Å². The van der Waals surface area contributed by atoms with Gasteiger partial charge in [0.2, 0.25) is 0 Å². The van der Waals surface area contributed by atoms with Crippen LogP contribution in [0.15, 0.2) is 58.4 Å². The van der Waals surface area contributed by atoms with Gasteiger partial charge in [0.15, 0.2) is 5.58 Å². The first kappa shape index (κ1) is 20.9. The predicted molar refractivity (Wildman–Crippen MR) is 111 cm³/mol. The molecule has 1 heterocycles. The van der Waals surface area contributed by atoms with Crippen molar-refractivity contribution < 1.29 is 28.4 Å². The fourth-order valence-corrected chi connectivity index (χ4v) is 2.91. The Morgan fingerprint density at radius 1 is 1.17 bits per heavy atom. The summed E-state index contributed by atoms with van der Waals surface area (Å²) in [6, 6.07) is 12.7. The van der Waals surface area contributed by atoms with Crippen molar-refractivity contribution in [3.05, 3.63) is 65.5 Å². The third-order valence-corrected chi connectivity index (χ3v) is 4.39. The summed E-state index contributed by atoms with van der Waals surface area (Å²) >= 11 is 0. The van der Waals surface area contributed by atoms with E-state index >= 15 is 0 Å². The maximum Gasteiger partial charge on any atom is 0.341 e. The molecule has 2 aromatic carbocycles. The lowest BCUT2D eigenvalue weighted by molar-refractivity contribution is -0.133. The number of rotatable bonds is 8. The van der Waals surface area contributed by atoms with Crippen molar-refractivity contribution in [1.82, 2.24) is 5.16 Å². The summed E-state index contributed by atoms with van der Waals surface area (Å²) in [6.45, 7) is 1.90. The normalized spacial score (nSPS) is 12.0. The lowest BCUT2D eigenvalue weighted by Crippen LogP contribution is -2.07. The van der Waals surface area contributed by atoms with E-state index in [1.165, 1.54) is 20.5 Å². The maximum atomic E-state index is 12.1. The molecular weight excluding hydrogens is 388 g/mol. The number of hydrogen-bond donors (Lipinski definition) is 0. The largest absolute Gasteiger partial charge is 0.503 e. The van der Waals surface area contributed by atoms with E-state index in [2.05, 4.69) is 10.3 Å². The molecule has 0 aliphatic carbocycles. The van der Waals surface area contributed by atoms with Crippen LogP contribution < -0.4 is 4.74 Å². The Kier molecular flexibility index (Phi) is 6.69. The first-order valence-corrected chi connectivity index (χ1v) is 9.09. The third kappa shape index (κ3) is 4.43. The van der Waals surface area contributed by atoms with Crippen LogP contribution in [0, 0.1) is 0 Å². The number of benzene rings is 2. The first-order chi connectivity index (χ1) is 14.6. The second kappa shape index (κ2) is 9.60. The highest BCUT2D eigenvalue weighted by atomic mass is 16.6. The van der Waals surface area contributed by atoms with Gasteiger partial charge in [0.25, 0.3) is 0 Å². The minimum atomic E-state index is -0.507. The fraction of sp³-hybridized carbons (Fsp3) is 0.227. The van der Waals surface area contributed by atoms with Crippen LogP contribution in [0.5, 0.6) is 5.75 Å². The van der Waals surface area contributed by atoms with Crippen molar-refractivity contribution in [3.8, 4) is 5.75 Å². The first-order valence-electron chi connectivity index (χ1n) is 9.09. The van der Waals surface area contributed by atoms with Crippen molar-refractivity contribution in [1.29, 1.82) is 0 Å². The van der Waals surface area contributed by atoms with Crippen LogP contribution in [0.1, 0.15) is 23.7 Å². The maximum absolute atomic E-state index is 12.1. The van der Waals surface area contributed by atoms with Crippen molar-refractivity contribution in [2.24, 2.45) is 5.16 Å². The van der Waals surface area contributed by atoms with E-state index in [1.807, 2.05) is 24.3 Å². The third-order valence-electron chi connectivity index (χ3n) is 4.39. The van der Waals surface area contributed by atoms with Crippen molar-refractivity contribution >= 4 is 28.2 Å². The summed E-state index contributed by atoms with van der Waals surface area (Å²) in [5.74, 6) is 0.182. The Bertz CT molecular complexity index is 1100. The van der Waals surface area contributed by atoms with Gasteiger partial charge in [0.1, 0.15) is 29.3 Å². The Morgan fingerprint density at radius 3 is 2.70 bits per heavy atom. The van der Waals surface area contributed by atoms with Gasteiger partial charge in [0, 0.05) is 5.56 Å². The summed E-state index contributed by atoms with van der Waals surface area (Å²) in [6.07, 6.45) is 1.34. The molecule has 0 aliphatic rings. The zero-order valence-corrected chi connectivity index (χ0v) is 17.2. The summed E-state index contributed by atoms with van der Waals surface area (Å²) in [7, 11) is 4.37. The van der Waals surface area contributed by atoms with Gasteiger partial charge in [-0.3, -0.25) is 0 Å². The highest BCUT2D eigenvalue weighted by Crippen LogP contribution is 2.25. The average molecular weight is 410 g/mol. The number of aromatic nitrogens is 1. The summed E-state index contributed by atoms with van der Waals surface area (Å²) < 4.78 is 20.5. The molecule has 0 amide bonds. The number of nitrogens with zero attached hydrogens (tertiary/aromatic N) is 2. The summed E-state index contributed by atoms with van der Waals surface area (Å²) in [5.41, 5.74) is 3.39. The van der Waals surface area contributed by atoms with E-state index in [4.69, 9.17) is 23.6 Å². The molecule has 0 saturated heterocycles. The van der Waals surface area contributed by atoms with Gasteiger partial charge in [-0.25, -0.2) is 4.79 Å². The van der Waals surface area contributed by atoms with Crippen molar-refractivity contribution in [2.45, 2.75) is 13.5 Å². The van der Waals surface area contributed by atoms with Gasteiger partial charge in [-0.05, 0) is 30.7 Å². The van der Waals surface area contributed by atoms with E-state index in [9.17, 15) is 4.79 Å². The lowest BCUT2D eigenvalue weighted by Gasteiger charge is -2.11. The minimum Gasteiger partial charge on any atom is -0.503 e. The Balaban J connectivity index is 1.82. The minimum absolute atomic E-state index is 0.130. The van der Waals surface area contributed by atoms with Gasteiger partial charge in [0.05, 0.1) is 33.0 Å². The molecule has 0 atom stereocenters. The van der Waals surface area contributed by atoms with Crippen LogP contribution in [0.3, 0.4) is 0 Å². The van der Waals surface area contributed by atoms with Crippen LogP contribution in [0.4, 0.5) is 0 Å². The highest BCUT2D eigenvalue weighted by Gasteiger charge is 2.17. The van der Waals surface area contributed by atoms with Gasteiger partial charge in [-0.1, -0.05) is 34.6 Å². The Labute approximate surface area is 173 Å². The number of hydrogen-bond acceptors (Lipinski definition) is 8. The standard InChI is InChI=1S/C22H22N2O6/c1-14(21-18-11-16(27-3)9-10-20(18)30-24-21)23-29-12-15-7-5-6-8-17(15)19(13-26-2)22(25)28-4/h5-11,13H,12H2,1-4H3/b19-13+,23-14-. The molecular formula is C22H22N2O6. The molecule has 156 valence electrons. The molecule has 0 fully saturated rings. The molecule has 3 aromatic rings. The number of methoxy groups -OCH3 is 3. The number of ether oxygens (including phenoxy) is 3. The van der Waals surface area contributed by atoms with Crippen LogP contribution in [-0.2, 0) is 25.7 Å². The van der Waals surface area contributed by atoms with Crippen LogP contribution in [0.2, 0.25) is 0 Å². The fourth-order valence-electron chi connectivity index (χ4n) is 2.91. The lowest BCUT2D eigenvalue weighted by atomic mass is 10.0. The molecule has 0 aliphatic heterocycles. The second-order valence-corrected chi connectivity index (χ2v) is 6.26. The van der Waals surface area contributed by atoms with Crippen LogP contribution >= 0.6 is 0 Å². The van der Waals surface area contributed by atoms with E-state index in [-0.39, 0.29) is 12.2 Å². The zero-order chi connectivity index (χ0) is 21.5. The van der Waals surface area contributed by atoms with Crippen molar-refractivity contribution in [3.63, 3.8) is 0 Å². The summed E-state index contributed by atoms with van der Waals surface area (Å²) in [5, 5.41) is 9.01. The van der Waals surface area contributed by atoms with E-state index in [0.29, 0.717) is 28.3 Å². The molecule has 8 nitrogen and oxygen atoms in total. The van der Waals surface area contributed by atoms with E-state index in [0.717, 1.165) is 10.9 Å². The highest BCUT2D eigenvalue weighted by molar-refractivity contribution is 6.16. The number of oxime groups is 1. The topological polar surface area (TPSA) is 92.4 Å². The average Bonchev–Trinajstić information content (AvgIpc) is 3.20.